The average molecular weight is 418 g/mol. The third kappa shape index (κ3) is 5.32. The van der Waals surface area contributed by atoms with E-state index >= 15 is 0 Å². The molecular weight excluding hydrogens is 398 g/mol. The van der Waals surface area contributed by atoms with Crippen molar-refractivity contribution in [2.75, 3.05) is 0 Å². The van der Waals surface area contributed by atoms with Crippen LogP contribution in [0.2, 0.25) is 0 Å². The van der Waals surface area contributed by atoms with Crippen molar-refractivity contribution >= 4 is 17.9 Å². The van der Waals surface area contributed by atoms with Crippen LogP contribution in [0.25, 0.3) is 0 Å². The summed E-state index contributed by atoms with van der Waals surface area (Å²) >= 11 is 1.20. The Labute approximate surface area is 171 Å². The van der Waals surface area contributed by atoms with Gasteiger partial charge in [-0.1, -0.05) is 11.8 Å². The molecule has 1 aromatic carbocycles. The van der Waals surface area contributed by atoms with E-state index in [1.54, 1.807) is 17.1 Å². The minimum Gasteiger partial charge on any atom is -0.443 e. The van der Waals surface area contributed by atoms with E-state index in [4.69, 9.17) is 10.5 Å². The number of carbonyl (C=O) groups is 1. The number of rotatable bonds is 7. The second-order valence-electron chi connectivity index (χ2n) is 6.62. The minimum absolute atomic E-state index is 0.0329. The van der Waals surface area contributed by atoms with Gasteiger partial charge in [0.2, 0.25) is 0 Å². The van der Waals surface area contributed by atoms with Crippen LogP contribution in [0.4, 0.5) is 13.6 Å². The van der Waals surface area contributed by atoms with Gasteiger partial charge in [-0.25, -0.2) is 13.6 Å². The first-order valence-electron chi connectivity index (χ1n) is 8.89. The van der Waals surface area contributed by atoms with Crippen LogP contribution in [0.1, 0.15) is 36.7 Å². The van der Waals surface area contributed by atoms with E-state index in [2.05, 4.69) is 10.1 Å². The van der Waals surface area contributed by atoms with Gasteiger partial charge in [-0.05, 0) is 43.7 Å². The molecule has 3 aromatic rings. The molecule has 0 radical (unpaired) electrons. The van der Waals surface area contributed by atoms with Gasteiger partial charge in [-0.2, -0.15) is 5.10 Å². The summed E-state index contributed by atoms with van der Waals surface area (Å²) in [6.07, 6.45) is 2.93. The van der Waals surface area contributed by atoms with Crippen LogP contribution in [0.15, 0.2) is 52.6 Å². The molecule has 2 heterocycles. The highest BCUT2D eigenvalue weighted by Crippen LogP contribution is 2.36. The molecule has 0 fully saturated rings. The fraction of sp³-hybridized carbons (Fsp3) is 0.250. The molecule has 0 spiro atoms. The molecule has 0 unspecified atom stereocenters. The summed E-state index contributed by atoms with van der Waals surface area (Å²) in [6.45, 7) is 3.79. The van der Waals surface area contributed by atoms with Crippen molar-refractivity contribution in [1.29, 1.82) is 0 Å². The van der Waals surface area contributed by atoms with Crippen molar-refractivity contribution < 1.29 is 18.3 Å². The second-order valence-corrected chi connectivity index (χ2v) is 7.68. The highest BCUT2D eigenvalue weighted by Gasteiger charge is 2.22. The molecule has 6 nitrogen and oxygen atoms in total. The fourth-order valence-corrected chi connectivity index (χ4v) is 4.02. The van der Waals surface area contributed by atoms with Gasteiger partial charge in [0.1, 0.15) is 29.0 Å². The maximum atomic E-state index is 13.7. The van der Waals surface area contributed by atoms with Crippen molar-refractivity contribution in [2.45, 2.75) is 42.8 Å². The number of carbonyl (C=O) groups excluding carboxylic acids is 1. The first-order valence-corrected chi connectivity index (χ1v) is 9.70. The highest BCUT2D eigenvalue weighted by atomic mass is 32.2. The molecule has 2 aromatic heterocycles. The van der Waals surface area contributed by atoms with Crippen molar-refractivity contribution in [3.05, 3.63) is 71.2 Å². The molecule has 0 bridgehead atoms. The van der Waals surface area contributed by atoms with Crippen LogP contribution in [0.5, 0.6) is 0 Å². The number of hydrogen-bond acceptors (Lipinski definition) is 5. The predicted octanol–water partition coefficient (Wildman–Crippen LogP) is 4.47. The van der Waals surface area contributed by atoms with E-state index in [9.17, 15) is 13.6 Å². The molecule has 0 atom stereocenters. The van der Waals surface area contributed by atoms with Crippen LogP contribution in [-0.2, 0) is 17.8 Å². The predicted molar refractivity (Wildman–Crippen MR) is 105 cm³/mol. The Morgan fingerprint density at radius 3 is 2.45 bits per heavy atom. The molecule has 0 aliphatic heterocycles. The quantitative estimate of drug-likeness (QED) is 0.612. The number of aromatic nitrogens is 3. The van der Waals surface area contributed by atoms with Gasteiger partial charge in [-0.3, -0.25) is 9.67 Å². The Morgan fingerprint density at radius 1 is 1.21 bits per heavy atom. The third-order valence-corrected chi connectivity index (χ3v) is 5.16. The summed E-state index contributed by atoms with van der Waals surface area (Å²) in [7, 11) is 0. The number of halogens is 2. The Hall–Kier alpha value is -2.94. The van der Waals surface area contributed by atoms with Crippen LogP contribution >= 0.6 is 11.8 Å². The standard InChI is InChI=1S/C20H20F2N4O2S/c1-12(2)26-19(29-16-9-14(21)8-15(22)10-16)17(7-13-3-5-24-6-4-13)18(25-26)11-28-20(23)27/h3-6,8-10,12H,7,11H2,1-2H3,(H2,23,27). The zero-order valence-corrected chi connectivity index (χ0v) is 16.7. The van der Waals surface area contributed by atoms with E-state index in [0.29, 0.717) is 22.0 Å². The lowest BCUT2D eigenvalue weighted by Gasteiger charge is -2.12. The maximum Gasteiger partial charge on any atom is 0.404 e. The monoisotopic (exact) mass is 418 g/mol. The summed E-state index contributed by atoms with van der Waals surface area (Å²) in [4.78, 5) is 15.5. The number of pyridine rings is 1. The molecule has 0 saturated heterocycles. The first-order chi connectivity index (χ1) is 13.8. The first kappa shape index (κ1) is 20.8. The van der Waals surface area contributed by atoms with Crippen molar-refractivity contribution in [3.8, 4) is 0 Å². The van der Waals surface area contributed by atoms with Gasteiger partial charge in [-0.15, -0.1) is 0 Å². The number of benzene rings is 1. The SMILES string of the molecule is CC(C)n1nc(COC(N)=O)c(Cc2ccncc2)c1Sc1cc(F)cc(F)c1. The Morgan fingerprint density at radius 2 is 1.86 bits per heavy atom. The normalized spacial score (nSPS) is 11.1. The summed E-state index contributed by atoms with van der Waals surface area (Å²) in [5.41, 5.74) is 7.41. The molecule has 9 heteroatoms. The van der Waals surface area contributed by atoms with Crippen LogP contribution < -0.4 is 5.73 Å². The molecule has 3 rings (SSSR count). The van der Waals surface area contributed by atoms with E-state index in [1.165, 1.54) is 23.9 Å². The number of nitrogens with zero attached hydrogens (tertiary/aromatic N) is 3. The van der Waals surface area contributed by atoms with Crippen LogP contribution in [0, 0.1) is 11.6 Å². The number of hydrogen-bond donors (Lipinski definition) is 1. The van der Waals surface area contributed by atoms with Gasteiger partial charge in [0.25, 0.3) is 0 Å². The van der Waals surface area contributed by atoms with E-state index in [0.717, 1.165) is 17.2 Å². The van der Waals surface area contributed by atoms with Gasteiger partial charge in [0.15, 0.2) is 0 Å². The van der Waals surface area contributed by atoms with E-state index in [1.807, 2.05) is 26.0 Å². The number of amides is 1. The Kier molecular flexibility index (Phi) is 6.48. The van der Waals surface area contributed by atoms with Crippen molar-refractivity contribution in [2.24, 2.45) is 5.73 Å². The zero-order valence-electron chi connectivity index (χ0n) is 15.9. The molecule has 0 aliphatic carbocycles. The molecule has 0 aliphatic rings. The number of nitrogens with two attached hydrogens (primary N) is 1. The highest BCUT2D eigenvalue weighted by molar-refractivity contribution is 7.99. The average Bonchev–Trinajstić information content (AvgIpc) is 2.97. The molecule has 1 amide bonds. The molecule has 152 valence electrons. The topological polar surface area (TPSA) is 83.0 Å². The van der Waals surface area contributed by atoms with Crippen molar-refractivity contribution in [3.63, 3.8) is 0 Å². The summed E-state index contributed by atoms with van der Waals surface area (Å²) in [5.74, 6) is -1.31. The second kappa shape index (κ2) is 9.04. The third-order valence-electron chi connectivity index (χ3n) is 4.06. The zero-order chi connectivity index (χ0) is 21.0. The fourth-order valence-electron chi connectivity index (χ4n) is 2.79. The van der Waals surface area contributed by atoms with Crippen molar-refractivity contribution in [1.82, 2.24) is 14.8 Å². The van der Waals surface area contributed by atoms with E-state index in [-0.39, 0.29) is 12.6 Å². The summed E-state index contributed by atoms with van der Waals surface area (Å²) < 4.78 is 34.1. The Bertz CT molecular complexity index is 989. The van der Waals surface area contributed by atoms with E-state index < -0.39 is 17.7 Å². The number of primary amides is 1. The number of ether oxygens (including phenoxy) is 1. The smallest absolute Gasteiger partial charge is 0.404 e. The summed E-state index contributed by atoms with van der Waals surface area (Å²) in [5, 5.41) is 5.29. The lowest BCUT2D eigenvalue weighted by atomic mass is 10.1. The van der Waals surface area contributed by atoms with Crippen LogP contribution in [-0.4, -0.2) is 20.9 Å². The van der Waals surface area contributed by atoms with Crippen LogP contribution in [0.3, 0.4) is 0 Å². The summed E-state index contributed by atoms with van der Waals surface area (Å²) in [6, 6.07) is 7.05. The molecule has 0 saturated carbocycles. The molecular formula is C20H20F2N4O2S. The van der Waals surface area contributed by atoms with Gasteiger partial charge < -0.3 is 10.5 Å². The van der Waals surface area contributed by atoms with Gasteiger partial charge in [0.05, 0.1) is 0 Å². The Balaban J connectivity index is 2.08. The lowest BCUT2D eigenvalue weighted by molar-refractivity contribution is 0.148. The molecule has 29 heavy (non-hydrogen) atoms. The largest absolute Gasteiger partial charge is 0.443 e. The van der Waals surface area contributed by atoms with Gasteiger partial charge >= 0.3 is 6.09 Å². The maximum absolute atomic E-state index is 13.7. The minimum atomic E-state index is -0.902. The van der Waals surface area contributed by atoms with Gasteiger partial charge in [0, 0.05) is 41.4 Å². The lowest BCUT2D eigenvalue weighted by Crippen LogP contribution is -2.13. The molecule has 2 N–H and O–H groups in total.